The predicted octanol–water partition coefficient (Wildman–Crippen LogP) is 1.98. The molecule has 0 unspecified atom stereocenters. The third-order valence-corrected chi connectivity index (χ3v) is 3.08. The van der Waals surface area contributed by atoms with Crippen LogP contribution in [0.1, 0.15) is 5.56 Å². The quantitative estimate of drug-likeness (QED) is 0.929. The Morgan fingerprint density at radius 1 is 1.25 bits per heavy atom. The van der Waals surface area contributed by atoms with Gasteiger partial charge in [-0.2, -0.15) is 0 Å². The lowest BCUT2D eigenvalue weighted by molar-refractivity contribution is -0.115. The van der Waals surface area contributed by atoms with Gasteiger partial charge in [0.25, 0.3) is 0 Å². The average Bonchev–Trinajstić information content (AvgIpc) is 2.83. The number of carbonyl (C=O) groups is 1. The highest BCUT2D eigenvalue weighted by atomic mass is 16.6. The van der Waals surface area contributed by atoms with Gasteiger partial charge in [0.1, 0.15) is 13.2 Å². The fourth-order valence-electron chi connectivity index (χ4n) is 2.18. The van der Waals surface area contributed by atoms with Gasteiger partial charge in [0.15, 0.2) is 11.5 Å². The number of hydrogen-bond acceptors (Lipinski definition) is 3. The molecule has 20 heavy (non-hydrogen) atoms. The number of anilines is 1. The molecule has 0 saturated carbocycles. The van der Waals surface area contributed by atoms with Gasteiger partial charge in [0.2, 0.25) is 5.91 Å². The standard InChI is InChI=1S/C15H16N2O3/c1-17-5-4-11(10-17)8-15(18)16-12-2-3-13-14(9-12)20-7-6-19-13/h2-5,9-10H,6-8H2,1H3,(H,16,18). The Bertz CT molecular complexity index is 634. The zero-order chi connectivity index (χ0) is 13.9. The maximum atomic E-state index is 12.0. The Kier molecular flexibility index (Phi) is 3.33. The highest BCUT2D eigenvalue weighted by Crippen LogP contribution is 2.32. The Morgan fingerprint density at radius 3 is 2.80 bits per heavy atom. The maximum Gasteiger partial charge on any atom is 0.228 e. The molecule has 3 rings (SSSR count). The van der Waals surface area contributed by atoms with E-state index in [-0.39, 0.29) is 5.91 Å². The number of aryl methyl sites for hydroxylation is 1. The number of fused-ring (bicyclic) bond motifs is 1. The lowest BCUT2D eigenvalue weighted by atomic mass is 10.2. The Balaban J connectivity index is 1.66. The highest BCUT2D eigenvalue weighted by molar-refractivity contribution is 5.92. The fourth-order valence-corrected chi connectivity index (χ4v) is 2.18. The van der Waals surface area contributed by atoms with Gasteiger partial charge in [-0.15, -0.1) is 0 Å². The molecule has 2 heterocycles. The van der Waals surface area contributed by atoms with E-state index in [4.69, 9.17) is 9.47 Å². The van der Waals surface area contributed by atoms with Gasteiger partial charge >= 0.3 is 0 Å². The number of ether oxygens (including phenoxy) is 2. The molecule has 1 aliphatic rings. The molecule has 0 fully saturated rings. The van der Waals surface area contributed by atoms with Gasteiger partial charge < -0.3 is 19.4 Å². The Hall–Kier alpha value is -2.43. The van der Waals surface area contributed by atoms with Gasteiger partial charge in [-0.25, -0.2) is 0 Å². The lowest BCUT2D eigenvalue weighted by Gasteiger charge is -2.18. The molecular formula is C15H16N2O3. The molecule has 0 bridgehead atoms. The minimum atomic E-state index is -0.0483. The van der Waals surface area contributed by atoms with E-state index in [0.29, 0.717) is 25.4 Å². The topological polar surface area (TPSA) is 52.5 Å². The summed E-state index contributed by atoms with van der Waals surface area (Å²) in [5, 5.41) is 2.87. The molecule has 0 radical (unpaired) electrons. The summed E-state index contributed by atoms with van der Waals surface area (Å²) < 4.78 is 12.9. The molecule has 0 saturated heterocycles. The predicted molar refractivity (Wildman–Crippen MR) is 75.2 cm³/mol. The van der Waals surface area contributed by atoms with Crippen LogP contribution in [0.4, 0.5) is 5.69 Å². The molecule has 5 nitrogen and oxygen atoms in total. The van der Waals surface area contributed by atoms with E-state index in [0.717, 1.165) is 17.0 Å². The van der Waals surface area contributed by atoms with E-state index < -0.39 is 0 Å². The fraction of sp³-hybridized carbons (Fsp3) is 0.267. The van der Waals surface area contributed by atoms with Crippen molar-refractivity contribution in [3.63, 3.8) is 0 Å². The molecule has 2 aromatic rings. The molecule has 104 valence electrons. The van der Waals surface area contributed by atoms with Crippen LogP contribution in [-0.2, 0) is 18.3 Å². The highest BCUT2D eigenvalue weighted by Gasteiger charge is 2.13. The number of nitrogens with zero attached hydrogens (tertiary/aromatic N) is 1. The van der Waals surface area contributed by atoms with Crippen molar-refractivity contribution < 1.29 is 14.3 Å². The minimum Gasteiger partial charge on any atom is -0.486 e. The molecule has 1 N–H and O–H groups in total. The second-order valence-electron chi connectivity index (χ2n) is 4.77. The van der Waals surface area contributed by atoms with E-state index in [2.05, 4.69) is 5.32 Å². The van der Waals surface area contributed by atoms with E-state index in [1.54, 1.807) is 6.07 Å². The summed E-state index contributed by atoms with van der Waals surface area (Å²) in [4.78, 5) is 12.0. The van der Waals surface area contributed by atoms with Crippen LogP contribution < -0.4 is 14.8 Å². The van der Waals surface area contributed by atoms with Crippen LogP contribution in [0.25, 0.3) is 0 Å². The molecular weight excluding hydrogens is 256 g/mol. The van der Waals surface area contributed by atoms with Crippen molar-refractivity contribution in [1.29, 1.82) is 0 Å². The molecule has 1 aliphatic heterocycles. The van der Waals surface area contributed by atoms with Gasteiger partial charge in [0.05, 0.1) is 6.42 Å². The summed E-state index contributed by atoms with van der Waals surface area (Å²) in [6.07, 6.45) is 4.21. The molecule has 1 aromatic carbocycles. The average molecular weight is 272 g/mol. The summed E-state index contributed by atoms with van der Waals surface area (Å²) >= 11 is 0. The van der Waals surface area contributed by atoms with Crippen molar-refractivity contribution in [2.45, 2.75) is 6.42 Å². The van der Waals surface area contributed by atoms with Crippen LogP contribution in [0, 0.1) is 0 Å². The second kappa shape index (κ2) is 5.28. The van der Waals surface area contributed by atoms with Crippen LogP contribution >= 0.6 is 0 Å². The minimum absolute atomic E-state index is 0.0483. The molecule has 0 atom stereocenters. The van der Waals surface area contributed by atoms with E-state index in [9.17, 15) is 4.79 Å². The van der Waals surface area contributed by atoms with Gasteiger partial charge in [-0.1, -0.05) is 0 Å². The smallest absolute Gasteiger partial charge is 0.228 e. The molecule has 1 aromatic heterocycles. The Morgan fingerprint density at radius 2 is 2.05 bits per heavy atom. The van der Waals surface area contributed by atoms with Crippen molar-refractivity contribution in [2.75, 3.05) is 18.5 Å². The zero-order valence-corrected chi connectivity index (χ0v) is 11.3. The summed E-state index contributed by atoms with van der Waals surface area (Å²) in [7, 11) is 1.93. The summed E-state index contributed by atoms with van der Waals surface area (Å²) in [6.45, 7) is 1.10. The van der Waals surface area contributed by atoms with Crippen LogP contribution in [-0.4, -0.2) is 23.7 Å². The molecule has 0 spiro atoms. The molecule has 5 heteroatoms. The SMILES string of the molecule is Cn1ccc(CC(=O)Nc2ccc3c(c2)OCCO3)c1. The maximum absolute atomic E-state index is 12.0. The largest absolute Gasteiger partial charge is 0.486 e. The van der Waals surface area contributed by atoms with Crippen LogP contribution in [0.15, 0.2) is 36.7 Å². The van der Waals surface area contributed by atoms with Crippen molar-refractivity contribution in [1.82, 2.24) is 4.57 Å². The van der Waals surface area contributed by atoms with Crippen molar-refractivity contribution in [3.05, 3.63) is 42.2 Å². The van der Waals surface area contributed by atoms with Crippen molar-refractivity contribution in [3.8, 4) is 11.5 Å². The first-order valence-electron chi connectivity index (χ1n) is 6.51. The van der Waals surface area contributed by atoms with Gasteiger partial charge in [-0.3, -0.25) is 4.79 Å². The lowest BCUT2D eigenvalue weighted by Crippen LogP contribution is -2.17. The number of carbonyl (C=O) groups excluding carboxylic acids is 1. The summed E-state index contributed by atoms with van der Waals surface area (Å²) in [5.41, 5.74) is 1.71. The van der Waals surface area contributed by atoms with E-state index >= 15 is 0 Å². The first-order chi connectivity index (χ1) is 9.70. The number of nitrogens with one attached hydrogen (secondary N) is 1. The molecule has 1 amide bonds. The number of hydrogen-bond donors (Lipinski definition) is 1. The first kappa shape index (κ1) is 12.6. The number of aromatic nitrogens is 1. The normalized spacial score (nSPS) is 13.1. The third kappa shape index (κ3) is 2.77. The van der Waals surface area contributed by atoms with E-state index in [1.807, 2.05) is 42.2 Å². The van der Waals surface area contributed by atoms with Crippen LogP contribution in [0.3, 0.4) is 0 Å². The van der Waals surface area contributed by atoms with Crippen LogP contribution in [0.2, 0.25) is 0 Å². The van der Waals surface area contributed by atoms with Gasteiger partial charge in [0, 0.05) is 31.2 Å². The van der Waals surface area contributed by atoms with E-state index in [1.165, 1.54) is 0 Å². The van der Waals surface area contributed by atoms with Crippen molar-refractivity contribution in [2.24, 2.45) is 7.05 Å². The number of benzene rings is 1. The van der Waals surface area contributed by atoms with Crippen LogP contribution in [0.5, 0.6) is 11.5 Å². The summed E-state index contributed by atoms with van der Waals surface area (Å²) in [5.74, 6) is 1.35. The second-order valence-corrected chi connectivity index (χ2v) is 4.77. The summed E-state index contributed by atoms with van der Waals surface area (Å²) in [6, 6.07) is 7.35. The first-order valence-corrected chi connectivity index (χ1v) is 6.51. The molecule has 0 aliphatic carbocycles. The number of rotatable bonds is 3. The number of amides is 1. The zero-order valence-electron chi connectivity index (χ0n) is 11.3. The third-order valence-electron chi connectivity index (χ3n) is 3.08. The monoisotopic (exact) mass is 272 g/mol. The van der Waals surface area contributed by atoms with Crippen molar-refractivity contribution >= 4 is 11.6 Å². The van der Waals surface area contributed by atoms with Gasteiger partial charge in [-0.05, 0) is 23.8 Å². The Labute approximate surface area is 117 Å².